The molecule has 4 nitrogen and oxygen atoms in total. The maximum absolute atomic E-state index is 10.8. The van der Waals surface area contributed by atoms with Crippen LogP contribution in [0.25, 0.3) is 0 Å². The Balaban J connectivity index is 0.000000521. The minimum Gasteiger partial charge on any atom is -0.463 e. The second-order valence-electron chi connectivity index (χ2n) is 9.38. The van der Waals surface area contributed by atoms with Crippen LogP contribution in [-0.4, -0.2) is 23.6 Å². The van der Waals surface area contributed by atoms with Gasteiger partial charge in [-0.25, -0.2) is 0 Å². The van der Waals surface area contributed by atoms with Gasteiger partial charge in [-0.3, -0.25) is 9.59 Å². The largest absolute Gasteiger partial charge is 0.463 e. The molecule has 0 radical (unpaired) electrons. The topological polar surface area (TPSA) is 52.6 Å². The maximum atomic E-state index is 10.8. The van der Waals surface area contributed by atoms with Gasteiger partial charge in [-0.1, -0.05) is 39.0 Å². The Hall–Kier alpha value is -1.58. The molecule has 1 aliphatic rings. The van der Waals surface area contributed by atoms with Gasteiger partial charge in [0, 0.05) is 13.8 Å². The SMILES string of the molecule is C=CC(C)(CCC=C(C)C)OC(C)=O.CC(=O)OC1CCC(C(C)(C)C)CC1. The van der Waals surface area contributed by atoms with Crippen LogP contribution in [-0.2, 0) is 19.1 Å². The lowest BCUT2D eigenvalue weighted by Crippen LogP contribution is -2.29. The molecule has 28 heavy (non-hydrogen) atoms. The van der Waals surface area contributed by atoms with E-state index in [1.54, 1.807) is 6.08 Å². The number of carbonyl (C=O) groups is 2. The van der Waals surface area contributed by atoms with Crippen molar-refractivity contribution in [3.63, 3.8) is 0 Å². The molecule has 1 saturated carbocycles. The van der Waals surface area contributed by atoms with Gasteiger partial charge in [0.2, 0.25) is 0 Å². The molecule has 0 saturated heterocycles. The molecule has 1 atom stereocenters. The van der Waals surface area contributed by atoms with Crippen LogP contribution in [0, 0.1) is 11.3 Å². The van der Waals surface area contributed by atoms with Crippen LogP contribution >= 0.6 is 0 Å². The van der Waals surface area contributed by atoms with E-state index in [0.717, 1.165) is 31.6 Å². The van der Waals surface area contributed by atoms with Crippen molar-refractivity contribution in [2.45, 2.75) is 106 Å². The molecule has 1 aliphatic carbocycles. The molecule has 0 heterocycles. The van der Waals surface area contributed by atoms with E-state index < -0.39 is 5.60 Å². The average Bonchev–Trinajstić information content (AvgIpc) is 2.53. The second kappa shape index (κ2) is 12.1. The summed E-state index contributed by atoms with van der Waals surface area (Å²) < 4.78 is 10.4. The Morgan fingerprint density at radius 2 is 1.50 bits per heavy atom. The van der Waals surface area contributed by atoms with E-state index in [2.05, 4.69) is 47.3 Å². The van der Waals surface area contributed by atoms with Crippen molar-refractivity contribution < 1.29 is 19.1 Å². The van der Waals surface area contributed by atoms with E-state index in [1.165, 1.54) is 32.3 Å². The summed E-state index contributed by atoms with van der Waals surface area (Å²) in [4.78, 5) is 21.6. The number of hydrogen-bond donors (Lipinski definition) is 0. The number of hydrogen-bond acceptors (Lipinski definition) is 4. The summed E-state index contributed by atoms with van der Waals surface area (Å²) in [6.45, 7) is 19.5. The first-order valence-electron chi connectivity index (χ1n) is 10.4. The predicted molar refractivity (Wildman–Crippen MR) is 116 cm³/mol. The lowest BCUT2D eigenvalue weighted by molar-refractivity contribution is -0.151. The van der Waals surface area contributed by atoms with E-state index in [-0.39, 0.29) is 18.0 Å². The summed E-state index contributed by atoms with van der Waals surface area (Å²) in [5.41, 5.74) is 1.15. The maximum Gasteiger partial charge on any atom is 0.303 e. The number of allylic oxidation sites excluding steroid dienone is 2. The van der Waals surface area contributed by atoms with Crippen LogP contribution < -0.4 is 0 Å². The Morgan fingerprint density at radius 1 is 0.964 bits per heavy atom. The van der Waals surface area contributed by atoms with Crippen molar-refractivity contribution in [2.24, 2.45) is 11.3 Å². The van der Waals surface area contributed by atoms with Crippen LogP contribution in [0.5, 0.6) is 0 Å². The lowest BCUT2D eigenvalue weighted by Gasteiger charge is -2.36. The second-order valence-corrected chi connectivity index (χ2v) is 9.38. The summed E-state index contributed by atoms with van der Waals surface area (Å²) in [6.07, 6.45) is 10.2. The molecule has 0 aromatic rings. The summed E-state index contributed by atoms with van der Waals surface area (Å²) in [6, 6.07) is 0. The molecule has 4 heteroatoms. The van der Waals surface area contributed by atoms with Crippen LogP contribution in [0.2, 0.25) is 0 Å². The van der Waals surface area contributed by atoms with Crippen molar-refractivity contribution in [3.05, 3.63) is 24.3 Å². The molecular weight excluding hydrogens is 352 g/mol. The Morgan fingerprint density at radius 3 is 1.86 bits per heavy atom. The molecule has 0 aliphatic heterocycles. The van der Waals surface area contributed by atoms with E-state index in [0.29, 0.717) is 5.41 Å². The summed E-state index contributed by atoms with van der Waals surface area (Å²) in [5.74, 6) is 0.392. The molecular formula is C24H42O4. The highest BCUT2D eigenvalue weighted by atomic mass is 16.6. The van der Waals surface area contributed by atoms with E-state index in [4.69, 9.17) is 9.47 Å². The van der Waals surface area contributed by atoms with Crippen molar-refractivity contribution >= 4 is 11.9 Å². The minimum absolute atomic E-state index is 0.135. The van der Waals surface area contributed by atoms with Crippen LogP contribution in [0.4, 0.5) is 0 Å². The summed E-state index contributed by atoms with van der Waals surface area (Å²) in [7, 11) is 0. The summed E-state index contributed by atoms with van der Waals surface area (Å²) in [5, 5.41) is 0. The monoisotopic (exact) mass is 394 g/mol. The minimum atomic E-state index is -0.530. The van der Waals surface area contributed by atoms with Crippen molar-refractivity contribution in [2.75, 3.05) is 0 Å². The van der Waals surface area contributed by atoms with Gasteiger partial charge in [-0.15, -0.1) is 0 Å². The molecule has 0 aromatic carbocycles. The molecule has 0 N–H and O–H groups in total. The normalized spacial score (nSPS) is 21.3. The van der Waals surface area contributed by atoms with E-state index >= 15 is 0 Å². The van der Waals surface area contributed by atoms with Crippen LogP contribution in [0.1, 0.15) is 93.9 Å². The fourth-order valence-corrected chi connectivity index (χ4v) is 3.45. The number of esters is 2. The average molecular weight is 395 g/mol. The van der Waals surface area contributed by atoms with Gasteiger partial charge in [-0.2, -0.15) is 0 Å². The smallest absolute Gasteiger partial charge is 0.303 e. The van der Waals surface area contributed by atoms with E-state index in [1.807, 2.05) is 6.92 Å². The molecule has 1 rings (SSSR count). The number of ether oxygens (including phenoxy) is 2. The third kappa shape index (κ3) is 12.0. The third-order valence-electron chi connectivity index (χ3n) is 5.23. The van der Waals surface area contributed by atoms with Gasteiger partial charge >= 0.3 is 11.9 Å². The van der Waals surface area contributed by atoms with Gasteiger partial charge in [0.1, 0.15) is 11.7 Å². The summed E-state index contributed by atoms with van der Waals surface area (Å²) >= 11 is 0. The molecule has 1 unspecified atom stereocenters. The zero-order valence-electron chi connectivity index (χ0n) is 19.4. The first-order chi connectivity index (χ1) is 12.8. The molecule has 0 amide bonds. The Labute approximate surface area is 172 Å². The van der Waals surface area contributed by atoms with E-state index in [9.17, 15) is 9.59 Å². The first kappa shape index (κ1) is 26.4. The lowest BCUT2D eigenvalue weighted by atomic mass is 9.72. The van der Waals surface area contributed by atoms with Crippen LogP contribution in [0.3, 0.4) is 0 Å². The fraction of sp³-hybridized carbons (Fsp3) is 0.750. The highest BCUT2D eigenvalue weighted by Gasteiger charge is 2.30. The third-order valence-corrected chi connectivity index (χ3v) is 5.23. The molecule has 1 fully saturated rings. The molecule has 0 spiro atoms. The van der Waals surface area contributed by atoms with Gasteiger partial charge < -0.3 is 9.47 Å². The predicted octanol–water partition coefficient (Wildman–Crippen LogP) is 6.40. The number of rotatable bonds is 6. The van der Waals surface area contributed by atoms with Crippen molar-refractivity contribution in [1.82, 2.24) is 0 Å². The molecule has 0 bridgehead atoms. The van der Waals surface area contributed by atoms with Gasteiger partial charge in [0.15, 0.2) is 0 Å². The van der Waals surface area contributed by atoms with Crippen molar-refractivity contribution in [1.29, 1.82) is 0 Å². The van der Waals surface area contributed by atoms with Crippen LogP contribution in [0.15, 0.2) is 24.3 Å². The van der Waals surface area contributed by atoms with Gasteiger partial charge in [-0.05, 0) is 76.7 Å². The zero-order chi connectivity index (χ0) is 22.0. The highest BCUT2D eigenvalue weighted by Crippen LogP contribution is 2.38. The quantitative estimate of drug-likeness (QED) is 0.386. The fourth-order valence-electron chi connectivity index (χ4n) is 3.45. The number of carbonyl (C=O) groups excluding carboxylic acids is 2. The Bertz CT molecular complexity index is 529. The van der Waals surface area contributed by atoms with Gasteiger partial charge in [0.05, 0.1) is 0 Å². The van der Waals surface area contributed by atoms with Gasteiger partial charge in [0.25, 0.3) is 0 Å². The Kier molecular flexibility index (Phi) is 11.4. The first-order valence-corrected chi connectivity index (χ1v) is 10.4. The molecule has 0 aromatic heterocycles. The zero-order valence-corrected chi connectivity index (χ0v) is 19.4. The highest BCUT2D eigenvalue weighted by molar-refractivity contribution is 5.66. The standard InChI is InChI=1S/C12H22O2.C12H20O2/c1-9(13)14-11-7-5-10(6-8-11)12(2,3)4;1-6-12(5,14-11(4)13)9-7-8-10(2)3/h10-11H,5-8H2,1-4H3;6,8H,1,7,9H2,2-5H3. The molecule has 162 valence electrons. The van der Waals surface area contributed by atoms with Crippen molar-refractivity contribution in [3.8, 4) is 0 Å².